The van der Waals surface area contributed by atoms with Gasteiger partial charge in [-0.2, -0.15) is 0 Å². The van der Waals surface area contributed by atoms with Gasteiger partial charge >= 0.3 is 0 Å². The molecule has 2 N–H and O–H groups in total. The minimum Gasteiger partial charge on any atom is -0.454 e. The molecule has 3 aliphatic rings. The van der Waals surface area contributed by atoms with Crippen molar-refractivity contribution in [3.05, 3.63) is 87.5 Å². The van der Waals surface area contributed by atoms with E-state index in [1.807, 2.05) is 35.2 Å². The van der Waals surface area contributed by atoms with E-state index in [2.05, 4.69) is 22.6 Å². The molecular weight excluding hydrogens is 514 g/mol. The molecule has 3 aromatic rings. The highest BCUT2D eigenvalue weighted by atomic mass is 16.7. The van der Waals surface area contributed by atoms with Gasteiger partial charge in [0.1, 0.15) is 0 Å². The molecule has 11 heteroatoms. The third kappa shape index (κ3) is 4.94. The number of nitrogens with one attached hydrogen (secondary N) is 2. The summed E-state index contributed by atoms with van der Waals surface area (Å²) in [5.74, 6) is 0.877. The molecule has 2 amide bonds. The summed E-state index contributed by atoms with van der Waals surface area (Å²) < 4.78 is 11.0. The van der Waals surface area contributed by atoms with Crippen molar-refractivity contribution in [2.45, 2.75) is 6.42 Å². The number of benzene rings is 3. The molecule has 3 heterocycles. The van der Waals surface area contributed by atoms with E-state index in [4.69, 9.17) is 9.47 Å². The molecule has 0 spiro atoms. The van der Waals surface area contributed by atoms with Gasteiger partial charge < -0.3 is 29.9 Å². The van der Waals surface area contributed by atoms with Crippen molar-refractivity contribution in [2.75, 3.05) is 50.7 Å². The van der Waals surface area contributed by atoms with Crippen LogP contribution in [0.1, 0.15) is 16.7 Å². The number of likely N-dealkylation sites (N-methyl/N-ethyl adjacent to an activating group) is 1. The van der Waals surface area contributed by atoms with Crippen molar-refractivity contribution in [3.63, 3.8) is 0 Å². The van der Waals surface area contributed by atoms with Gasteiger partial charge in [-0.3, -0.25) is 19.7 Å². The van der Waals surface area contributed by atoms with Crippen LogP contribution < -0.4 is 20.1 Å². The first kappa shape index (κ1) is 25.4. The van der Waals surface area contributed by atoms with E-state index < -0.39 is 4.92 Å². The number of ether oxygens (including phenoxy) is 2. The summed E-state index contributed by atoms with van der Waals surface area (Å²) in [4.78, 5) is 40.9. The van der Waals surface area contributed by atoms with Crippen molar-refractivity contribution in [1.82, 2.24) is 9.80 Å². The van der Waals surface area contributed by atoms with Gasteiger partial charge in [-0.25, -0.2) is 0 Å². The molecule has 1 fully saturated rings. The van der Waals surface area contributed by atoms with E-state index in [9.17, 15) is 19.7 Å². The molecule has 3 aromatic carbocycles. The van der Waals surface area contributed by atoms with Crippen LogP contribution in [0.25, 0.3) is 11.3 Å². The summed E-state index contributed by atoms with van der Waals surface area (Å²) in [6.45, 7) is 3.31. The van der Waals surface area contributed by atoms with E-state index in [0.717, 1.165) is 31.7 Å². The minimum absolute atomic E-state index is 0.102. The molecule has 3 aliphatic heterocycles. The van der Waals surface area contributed by atoms with E-state index in [0.29, 0.717) is 51.7 Å². The van der Waals surface area contributed by atoms with Gasteiger partial charge in [-0.15, -0.1) is 0 Å². The molecule has 0 radical (unpaired) electrons. The molecule has 0 saturated carbocycles. The van der Waals surface area contributed by atoms with Crippen LogP contribution in [0.15, 0.2) is 60.7 Å². The Hall–Kier alpha value is -4.90. The lowest BCUT2D eigenvalue weighted by atomic mass is 9.99. The Kier molecular flexibility index (Phi) is 6.56. The van der Waals surface area contributed by atoms with E-state index in [1.54, 1.807) is 18.2 Å². The summed E-state index contributed by atoms with van der Waals surface area (Å²) >= 11 is 0. The zero-order valence-corrected chi connectivity index (χ0v) is 21.8. The highest BCUT2D eigenvalue weighted by Crippen LogP contribution is 2.41. The first-order valence-corrected chi connectivity index (χ1v) is 12.9. The maximum atomic E-state index is 13.2. The number of carbonyl (C=O) groups excluding carboxylic acids is 2. The fourth-order valence-corrected chi connectivity index (χ4v) is 5.05. The SMILES string of the molecule is CN1CCN(C(=O)Cc2ccc(N/C(=C3\C(=O)Nc4cc([N+](=O)[O-])ccc43)c3ccc4c(c3)OCO4)cc2)CC1. The van der Waals surface area contributed by atoms with Crippen LogP contribution in [0.4, 0.5) is 17.1 Å². The number of hydrogen-bond acceptors (Lipinski definition) is 8. The van der Waals surface area contributed by atoms with Crippen molar-refractivity contribution in [3.8, 4) is 11.5 Å². The van der Waals surface area contributed by atoms with E-state index in [1.165, 1.54) is 12.1 Å². The van der Waals surface area contributed by atoms with Crippen LogP contribution in [0.3, 0.4) is 0 Å². The predicted octanol–water partition coefficient (Wildman–Crippen LogP) is 3.57. The molecule has 204 valence electrons. The van der Waals surface area contributed by atoms with Crippen molar-refractivity contribution in [2.24, 2.45) is 0 Å². The van der Waals surface area contributed by atoms with Crippen LogP contribution >= 0.6 is 0 Å². The average Bonchev–Trinajstić information content (AvgIpc) is 3.55. The number of piperazine rings is 1. The Morgan fingerprint density at radius 3 is 2.50 bits per heavy atom. The molecule has 0 atom stereocenters. The Morgan fingerprint density at radius 1 is 1.00 bits per heavy atom. The number of nitrogens with zero attached hydrogens (tertiary/aromatic N) is 3. The summed E-state index contributed by atoms with van der Waals surface area (Å²) in [5.41, 5.74) is 3.93. The number of rotatable bonds is 6. The first-order valence-electron chi connectivity index (χ1n) is 12.9. The monoisotopic (exact) mass is 541 g/mol. The number of fused-ring (bicyclic) bond motifs is 2. The average molecular weight is 542 g/mol. The lowest BCUT2D eigenvalue weighted by Crippen LogP contribution is -2.47. The third-order valence-corrected chi connectivity index (χ3v) is 7.30. The van der Waals surface area contributed by atoms with Gasteiger partial charge in [0.15, 0.2) is 11.5 Å². The number of hydrogen-bond donors (Lipinski definition) is 2. The molecule has 0 aromatic heterocycles. The summed E-state index contributed by atoms with van der Waals surface area (Å²) in [5, 5.41) is 17.4. The minimum atomic E-state index is -0.499. The molecule has 0 bridgehead atoms. The largest absolute Gasteiger partial charge is 0.454 e. The molecule has 11 nitrogen and oxygen atoms in total. The molecule has 40 heavy (non-hydrogen) atoms. The Balaban J connectivity index is 1.31. The van der Waals surface area contributed by atoms with Gasteiger partial charge in [0.25, 0.3) is 11.6 Å². The van der Waals surface area contributed by atoms with Crippen LogP contribution in [-0.2, 0) is 16.0 Å². The number of nitro groups is 1. The summed E-state index contributed by atoms with van der Waals surface area (Å²) in [7, 11) is 2.05. The zero-order valence-electron chi connectivity index (χ0n) is 21.8. The van der Waals surface area contributed by atoms with Gasteiger partial charge in [-0.05, 0) is 49.0 Å². The number of non-ortho nitro benzene ring substituents is 1. The maximum absolute atomic E-state index is 13.2. The number of nitro benzene ring substituents is 1. The second kappa shape index (κ2) is 10.3. The number of anilines is 2. The molecule has 0 aliphatic carbocycles. The highest BCUT2D eigenvalue weighted by molar-refractivity contribution is 6.37. The van der Waals surface area contributed by atoms with Crippen LogP contribution in [0, 0.1) is 10.1 Å². The van der Waals surface area contributed by atoms with Gasteiger partial charge in [-0.1, -0.05) is 12.1 Å². The Labute approximate surface area is 230 Å². The van der Waals surface area contributed by atoms with Crippen molar-refractivity contribution >= 4 is 40.1 Å². The zero-order chi connectivity index (χ0) is 27.8. The highest BCUT2D eigenvalue weighted by Gasteiger charge is 2.31. The van der Waals surface area contributed by atoms with Gasteiger partial charge in [0, 0.05) is 55.1 Å². The van der Waals surface area contributed by atoms with Gasteiger partial charge in [0.2, 0.25) is 12.7 Å². The van der Waals surface area contributed by atoms with Crippen molar-refractivity contribution in [1.29, 1.82) is 0 Å². The normalized spacial score (nSPS) is 17.3. The number of amides is 2. The van der Waals surface area contributed by atoms with Crippen molar-refractivity contribution < 1.29 is 24.0 Å². The second-order valence-electron chi connectivity index (χ2n) is 9.94. The lowest BCUT2D eigenvalue weighted by molar-refractivity contribution is -0.384. The summed E-state index contributed by atoms with van der Waals surface area (Å²) in [6.07, 6.45) is 0.314. The second-order valence-corrected chi connectivity index (χ2v) is 9.94. The van der Waals surface area contributed by atoms with Crippen LogP contribution in [-0.4, -0.2) is 66.6 Å². The Bertz CT molecular complexity index is 1540. The van der Waals surface area contributed by atoms with Gasteiger partial charge in [0.05, 0.1) is 28.3 Å². The summed E-state index contributed by atoms with van der Waals surface area (Å²) in [6, 6.07) is 17.2. The fourth-order valence-electron chi connectivity index (χ4n) is 5.05. The molecular formula is C29H27N5O6. The molecule has 6 rings (SSSR count). The predicted molar refractivity (Wildman–Crippen MR) is 149 cm³/mol. The lowest BCUT2D eigenvalue weighted by Gasteiger charge is -2.32. The van der Waals surface area contributed by atoms with Crippen LogP contribution in [0.2, 0.25) is 0 Å². The topological polar surface area (TPSA) is 126 Å². The molecule has 0 unspecified atom stereocenters. The van der Waals surface area contributed by atoms with Crippen LogP contribution in [0.5, 0.6) is 11.5 Å². The fraction of sp³-hybridized carbons (Fsp3) is 0.241. The third-order valence-electron chi connectivity index (χ3n) is 7.30. The maximum Gasteiger partial charge on any atom is 0.271 e. The number of carbonyl (C=O) groups is 2. The smallest absolute Gasteiger partial charge is 0.271 e. The first-order chi connectivity index (χ1) is 19.4. The van der Waals surface area contributed by atoms with E-state index >= 15 is 0 Å². The van der Waals surface area contributed by atoms with E-state index in [-0.39, 0.29) is 24.3 Å². The Morgan fingerprint density at radius 2 is 1.75 bits per heavy atom. The quantitative estimate of drug-likeness (QED) is 0.276. The standard InChI is InChI=1S/C29H27N5O6/c1-32-10-12-33(13-11-32)26(35)14-18-2-5-20(6-3-18)30-28(19-4-9-24-25(15-19)40-17-39-24)27-22-8-7-21(34(37)38)16-23(22)31-29(27)36/h2-9,15-16,30H,10-14,17H2,1H3,(H,31,36)/b28-27-. The molecule has 1 saturated heterocycles.